The van der Waals surface area contributed by atoms with E-state index in [1.165, 1.54) is 12.1 Å². The SMILES string of the molecule is N/N=C(\N)c1ccc2c(c1)nc(Nc1cccc(F)c1)c1ccsc12. The number of amidine groups is 1. The van der Waals surface area contributed by atoms with Crippen LogP contribution in [0.15, 0.2) is 59.0 Å². The number of hydrogen-bond acceptors (Lipinski definition) is 5. The quantitative estimate of drug-likeness (QED) is 0.226. The molecule has 25 heavy (non-hydrogen) atoms. The number of hydrogen-bond donors (Lipinski definition) is 3. The van der Waals surface area contributed by atoms with E-state index >= 15 is 0 Å². The summed E-state index contributed by atoms with van der Waals surface area (Å²) >= 11 is 1.62. The molecule has 4 rings (SSSR count). The molecule has 4 aromatic rings. The molecule has 5 nitrogen and oxygen atoms in total. The van der Waals surface area contributed by atoms with Crippen molar-refractivity contribution in [3.63, 3.8) is 0 Å². The van der Waals surface area contributed by atoms with Crippen molar-refractivity contribution in [2.75, 3.05) is 5.32 Å². The molecule has 0 aliphatic carbocycles. The molecule has 2 aromatic carbocycles. The summed E-state index contributed by atoms with van der Waals surface area (Å²) in [6.07, 6.45) is 0. The Morgan fingerprint density at radius 1 is 1.12 bits per heavy atom. The lowest BCUT2D eigenvalue weighted by Crippen LogP contribution is -2.15. The van der Waals surface area contributed by atoms with Crippen LogP contribution in [-0.4, -0.2) is 10.8 Å². The predicted octanol–water partition coefficient (Wildman–Crippen LogP) is 3.91. The molecule has 0 spiro atoms. The zero-order chi connectivity index (χ0) is 17.4. The fraction of sp³-hybridized carbons (Fsp3) is 0. The van der Waals surface area contributed by atoms with Gasteiger partial charge in [-0.2, -0.15) is 5.10 Å². The highest BCUT2D eigenvalue weighted by Gasteiger charge is 2.11. The topological polar surface area (TPSA) is 89.3 Å². The minimum Gasteiger partial charge on any atom is -0.382 e. The van der Waals surface area contributed by atoms with Gasteiger partial charge in [-0.05, 0) is 35.7 Å². The van der Waals surface area contributed by atoms with Gasteiger partial charge in [0.25, 0.3) is 0 Å². The van der Waals surface area contributed by atoms with Crippen molar-refractivity contribution in [3.8, 4) is 0 Å². The summed E-state index contributed by atoms with van der Waals surface area (Å²) in [6, 6.07) is 14.0. The highest BCUT2D eigenvalue weighted by Crippen LogP contribution is 2.35. The van der Waals surface area contributed by atoms with Crippen LogP contribution < -0.4 is 16.9 Å². The zero-order valence-corrected chi connectivity index (χ0v) is 13.8. The number of benzene rings is 2. The van der Waals surface area contributed by atoms with Crippen LogP contribution in [0.2, 0.25) is 0 Å². The molecule has 0 bridgehead atoms. The molecule has 124 valence electrons. The van der Waals surface area contributed by atoms with Gasteiger partial charge in [0.05, 0.1) is 5.52 Å². The molecule has 0 saturated carbocycles. The Balaban J connectivity index is 1.91. The molecule has 2 aromatic heterocycles. The van der Waals surface area contributed by atoms with Gasteiger partial charge >= 0.3 is 0 Å². The van der Waals surface area contributed by atoms with E-state index in [0.717, 1.165) is 21.0 Å². The molecule has 0 aliphatic heterocycles. The van der Waals surface area contributed by atoms with Crippen LogP contribution in [0.3, 0.4) is 0 Å². The van der Waals surface area contributed by atoms with Crippen molar-refractivity contribution in [2.45, 2.75) is 0 Å². The number of hydrazone groups is 1. The number of pyridine rings is 1. The van der Waals surface area contributed by atoms with Gasteiger partial charge in [0.15, 0.2) is 0 Å². The third-order valence-electron chi connectivity index (χ3n) is 3.92. The largest absolute Gasteiger partial charge is 0.382 e. The zero-order valence-electron chi connectivity index (χ0n) is 13.0. The Hall–Kier alpha value is -3.19. The summed E-state index contributed by atoms with van der Waals surface area (Å²) in [5.74, 6) is 5.87. The fourth-order valence-electron chi connectivity index (χ4n) is 2.73. The van der Waals surface area contributed by atoms with Crippen molar-refractivity contribution in [3.05, 3.63) is 65.3 Å². The van der Waals surface area contributed by atoms with Gasteiger partial charge in [-0.25, -0.2) is 9.37 Å². The summed E-state index contributed by atoms with van der Waals surface area (Å²) in [5.41, 5.74) is 7.90. The van der Waals surface area contributed by atoms with Crippen LogP contribution in [0.1, 0.15) is 5.56 Å². The van der Waals surface area contributed by atoms with Crippen LogP contribution in [0, 0.1) is 5.82 Å². The maximum Gasteiger partial charge on any atom is 0.150 e. The summed E-state index contributed by atoms with van der Waals surface area (Å²) in [5, 5.41) is 10.7. The molecule has 7 heteroatoms. The number of nitrogens with two attached hydrogens (primary N) is 2. The first-order chi connectivity index (χ1) is 12.2. The number of nitrogens with zero attached hydrogens (tertiary/aromatic N) is 2. The number of anilines is 2. The Morgan fingerprint density at radius 2 is 2.00 bits per heavy atom. The van der Waals surface area contributed by atoms with E-state index in [2.05, 4.69) is 10.4 Å². The summed E-state index contributed by atoms with van der Waals surface area (Å²) in [6.45, 7) is 0. The average molecular weight is 351 g/mol. The number of rotatable bonds is 3. The maximum atomic E-state index is 13.5. The third-order valence-corrected chi connectivity index (χ3v) is 4.86. The minimum absolute atomic E-state index is 0.245. The van der Waals surface area contributed by atoms with Crippen LogP contribution >= 0.6 is 11.3 Å². The van der Waals surface area contributed by atoms with Gasteiger partial charge in [-0.3, -0.25) is 0 Å². The molecular formula is C18H14FN5S. The lowest BCUT2D eigenvalue weighted by atomic mass is 10.1. The van der Waals surface area contributed by atoms with Crippen LogP contribution in [0.4, 0.5) is 15.9 Å². The molecule has 5 N–H and O–H groups in total. The fourth-order valence-corrected chi connectivity index (χ4v) is 3.66. The van der Waals surface area contributed by atoms with E-state index in [-0.39, 0.29) is 11.7 Å². The van der Waals surface area contributed by atoms with E-state index in [0.29, 0.717) is 17.1 Å². The Bertz CT molecular complexity index is 1120. The number of halogens is 1. The lowest BCUT2D eigenvalue weighted by molar-refractivity contribution is 0.628. The van der Waals surface area contributed by atoms with Crippen molar-refractivity contribution < 1.29 is 4.39 Å². The first-order valence-corrected chi connectivity index (χ1v) is 8.41. The molecule has 0 saturated heterocycles. The second-order valence-corrected chi connectivity index (χ2v) is 6.42. The Morgan fingerprint density at radius 3 is 2.80 bits per heavy atom. The lowest BCUT2D eigenvalue weighted by Gasteiger charge is -2.10. The van der Waals surface area contributed by atoms with E-state index in [1.54, 1.807) is 23.5 Å². The van der Waals surface area contributed by atoms with Crippen molar-refractivity contribution in [1.29, 1.82) is 0 Å². The molecule has 0 unspecified atom stereocenters. The molecule has 0 fully saturated rings. The highest BCUT2D eigenvalue weighted by atomic mass is 32.1. The Kier molecular flexibility index (Phi) is 3.70. The smallest absolute Gasteiger partial charge is 0.150 e. The minimum atomic E-state index is -0.304. The van der Waals surface area contributed by atoms with E-state index < -0.39 is 0 Å². The predicted molar refractivity (Wildman–Crippen MR) is 102 cm³/mol. The van der Waals surface area contributed by atoms with Gasteiger partial charge < -0.3 is 16.9 Å². The van der Waals surface area contributed by atoms with Crippen molar-refractivity contribution >= 4 is 49.7 Å². The molecule has 2 heterocycles. The molecular weight excluding hydrogens is 337 g/mol. The van der Waals surface area contributed by atoms with Gasteiger partial charge in [-0.15, -0.1) is 11.3 Å². The highest BCUT2D eigenvalue weighted by molar-refractivity contribution is 7.18. The molecule has 0 amide bonds. The second kappa shape index (κ2) is 6.03. The number of aromatic nitrogens is 1. The average Bonchev–Trinajstić information content (AvgIpc) is 3.11. The van der Waals surface area contributed by atoms with Crippen molar-refractivity contribution in [1.82, 2.24) is 4.98 Å². The standard InChI is InChI=1S/C18H14FN5S/c19-11-2-1-3-12(9-11)22-18-14-6-7-25-16(14)13-5-4-10(17(20)24-21)8-15(13)23-18/h1-9H,21H2,(H2,20,24)(H,22,23). The normalized spacial score (nSPS) is 12.0. The van der Waals surface area contributed by atoms with Crippen LogP contribution in [0.5, 0.6) is 0 Å². The summed E-state index contributed by atoms with van der Waals surface area (Å²) in [4.78, 5) is 4.70. The van der Waals surface area contributed by atoms with Crippen LogP contribution in [0.25, 0.3) is 21.0 Å². The van der Waals surface area contributed by atoms with E-state index in [9.17, 15) is 4.39 Å². The first-order valence-electron chi connectivity index (χ1n) is 7.53. The van der Waals surface area contributed by atoms with Gasteiger partial charge in [-0.1, -0.05) is 18.2 Å². The molecule has 0 radical (unpaired) electrons. The van der Waals surface area contributed by atoms with Crippen LogP contribution in [-0.2, 0) is 0 Å². The van der Waals surface area contributed by atoms with Gasteiger partial charge in [0, 0.05) is 26.7 Å². The monoisotopic (exact) mass is 351 g/mol. The van der Waals surface area contributed by atoms with Crippen molar-refractivity contribution in [2.24, 2.45) is 16.7 Å². The Labute approximate surface area is 146 Å². The van der Waals surface area contributed by atoms with E-state index in [4.69, 9.17) is 16.6 Å². The number of thiophene rings is 1. The van der Waals surface area contributed by atoms with E-state index in [1.807, 2.05) is 29.6 Å². The summed E-state index contributed by atoms with van der Waals surface area (Å²) in [7, 11) is 0. The van der Waals surface area contributed by atoms with Gasteiger partial charge in [0.1, 0.15) is 17.5 Å². The van der Waals surface area contributed by atoms with Gasteiger partial charge in [0.2, 0.25) is 0 Å². The number of nitrogens with one attached hydrogen (secondary N) is 1. The third kappa shape index (κ3) is 2.74. The second-order valence-electron chi connectivity index (χ2n) is 5.51. The first kappa shape index (κ1) is 15.3. The maximum absolute atomic E-state index is 13.5. The molecule has 0 aliphatic rings. The molecule has 0 atom stereocenters. The summed E-state index contributed by atoms with van der Waals surface area (Å²) < 4.78 is 14.6. The number of fused-ring (bicyclic) bond motifs is 3.